The third-order valence-corrected chi connectivity index (χ3v) is 4.41. The Morgan fingerprint density at radius 1 is 1.29 bits per heavy atom. The van der Waals surface area contributed by atoms with Crippen LogP contribution in [0, 0.1) is 0 Å². The zero-order valence-electron chi connectivity index (χ0n) is 11.4. The predicted octanol–water partition coefficient (Wildman–Crippen LogP) is 1.97. The molecular formula is C14H14BrN5O. The second-order valence-corrected chi connectivity index (χ2v) is 6.40. The predicted molar refractivity (Wildman–Crippen MR) is 78.7 cm³/mol. The lowest BCUT2D eigenvalue weighted by Crippen LogP contribution is -2.39. The summed E-state index contributed by atoms with van der Waals surface area (Å²) >= 11 is 3.42. The first-order valence-corrected chi connectivity index (χ1v) is 7.83. The maximum absolute atomic E-state index is 12.8. The summed E-state index contributed by atoms with van der Waals surface area (Å²) in [7, 11) is 0. The van der Waals surface area contributed by atoms with Gasteiger partial charge >= 0.3 is 0 Å². The molecule has 1 aliphatic carbocycles. The summed E-state index contributed by atoms with van der Waals surface area (Å²) < 4.78 is 2.69. The van der Waals surface area contributed by atoms with E-state index in [9.17, 15) is 4.79 Å². The smallest absolute Gasteiger partial charge is 0.256 e. The standard InChI is InChI=1S/C14H14BrN5O/c15-10-5-11(13(16-6-10)9-1-2-9)14(21)19-3-4-20-12(7-19)17-8-18-20/h5-6,8-9H,1-4,7H2. The number of aromatic nitrogens is 4. The van der Waals surface area contributed by atoms with Crippen LogP contribution >= 0.6 is 15.9 Å². The quantitative estimate of drug-likeness (QED) is 0.833. The number of rotatable bonds is 2. The van der Waals surface area contributed by atoms with E-state index in [4.69, 9.17) is 0 Å². The molecule has 3 heterocycles. The van der Waals surface area contributed by atoms with Crippen molar-refractivity contribution in [2.45, 2.75) is 31.8 Å². The van der Waals surface area contributed by atoms with Crippen molar-refractivity contribution < 1.29 is 4.79 Å². The maximum atomic E-state index is 12.8. The fourth-order valence-corrected chi connectivity index (χ4v) is 3.04. The van der Waals surface area contributed by atoms with Crippen molar-refractivity contribution in [1.29, 1.82) is 0 Å². The Morgan fingerprint density at radius 3 is 2.95 bits per heavy atom. The van der Waals surface area contributed by atoms with Crippen LogP contribution < -0.4 is 0 Å². The van der Waals surface area contributed by atoms with Crippen molar-refractivity contribution in [3.8, 4) is 0 Å². The molecule has 0 saturated heterocycles. The Kier molecular flexibility index (Phi) is 3.02. The molecule has 0 spiro atoms. The Hall–Kier alpha value is -1.76. The summed E-state index contributed by atoms with van der Waals surface area (Å²) in [5, 5.41) is 4.14. The van der Waals surface area contributed by atoms with E-state index in [0.29, 0.717) is 25.6 Å². The Balaban J connectivity index is 1.65. The van der Waals surface area contributed by atoms with Crippen molar-refractivity contribution in [2.24, 2.45) is 0 Å². The summed E-state index contributed by atoms with van der Waals surface area (Å²) in [6.45, 7) is 1.86. The van der Waals surface area contributed by atoms with Gasteiger partial charge in [-0.25, -0.2) is 9.67 Å². The average Bonchev–Trinajstić information content (AvgIpc) is 3.23. The highest BCUT2D eigenvalue weighted by Gasteiger charge is 2.32. The molecule has 0 bridgehead atoms. The first-order valence-electron chi connectivity index (χ1n) is 7.04. The van der Waals surface area contributed by atoms with Gasteiger partial charge in [0.1, 0.15) is 12.2 Å². The number of hydrogen-bond donors (Lipinski definition) is 0. The largest absolute Gasteiger partial charge is 0.329 e. The van der Waals surface area contributed by atoms with Crippen molar-refractivity contribution in [3.63, 3.8) is 0 Å². The summed E-state index contributed by atoms with van der Waals surface area (Å²) in [4.78, 5) is 23.3. The van der Waals surface area contributed by atoms with Crippen LogP contribution in [0.5, 0.6) is 0 Å². The molecule has 6 nitrogen and oxygen atoms in total. The van der Waals surface area contributed by atoms with E-state index >= 15 is 0 Å². The number of fused-ring (bicyclic) bond motifs is 1. The van der Waals surface area contributed by atoms with E-state index in [0.717, 1.165) is 34.4 Å². The van der Waals surface area contributed by atoms with Gasteiger partial charge in [0.05, 0.1) is 24.3 Å². The second-order valence-electron chi connectivity index (χ2n) is 5.49. The first-order chi connectivity index (χ1) is 10.2. The van der Waals surface area contributed by atoms with Crippen LogP contribution in [0.1, 0.15) is 40.6 Å². The van der Waals surface area contributed by atoms with Gasteiger partial charge in [0.25, 0.3) is 5.91 Å². The lowest BCUT2D eigenvalue weighted by Gasteiger charge is -2.27. The van der Waals surface area contributed by atoms with E-state index in [2.05, 4.69) is 31.0 Å². The molecule has 2 aliphatic rings. The maximum Gasteiger partial charge on any atom is 0.256 e. The van der Waals surface area contributed by atoms with Crippen LogP contribution in [0.25, 0.3) is 0 Å². The average molecular weight is 348 g/mol. The summed E-state index contributed by atoms with van der Waals surface area (Å²) in [5.74, 6) is 1.33. The zero-order chi connectivity index (χ0) is 14.4. The van der Waals surface area contributed by atoms with Crippen molar-refractivity contribution in [2.75, 3.05) is 6.54 Å². The third kappa shape index (κ3) is 2.35. The van der Waals surface area contributed by atoms with E-state index in [1.807, 2.05) is 15.6 Å². The van der Waals surface area contributed by atoms with E-state index in [-0.39, 0.29) is 5.91 Å². The van der Waals surface area contributed by atoms with Gasteiger partial charge in [-0.1, -0.05) is 0 Å². The molecule has 0 N–H and O–H groups in total. The molecule has 7 heteroatoms. The molecule has 0 atom stereocenters. The van der Waals surface area contributed by atoms with Crippen LogP contribution in [0.2, 0.25) is 0 Å². The number of carbonyl (C=O) groups excluding carboxylic acids is 1. The molecule has 2 aromatic heterocycles. The van der Waals surface area contributed by atoms with Gasteiger partial charge in [-0.2, -0.15) is 5.10 Å². The lowest BCUT2D eigenvalue weighted by molar-refractivity contribution is 0.0700. The van der Waals surface area contributed by atoms with E-state index in [1.165, 1.54) is 0 Å². The first kappa shape index (κ1) is 12.9. The molecule has 0 aromatic carbocycles. The van der Waals surface area contributed by atoms with Crippen LogP contribution in [0.15, 0.2) is 23.1 Å². The van der Waals surface area contributed by atoms with E-state index in [1.54, 1.807) is 12.5 Å². The highest BCUT2D eigenvalue weighted by Crippen LogP contribution is 2.41. The SMILES string of the molecule is O=C(c1cc(Br)cnc1C1CC1)N1CCn2ncnc2C1. The molecule has 0 unspecified atom stereocenters. The summed E-state index contributed by atoms with van der Waals surface area (Å²) in [6, 6.07) is 1.89. The topological polar surface area (TPSA) is 63.9 Å². The minimum absolute atomic E-state index is 0.0416. The molecule has 1 amide bonds. The Labute approximate surface area is 130 Å². The lowest BCUT2D eigenvalue weighted by atomic mass is 10.1. The van der Waals surface area contributed by atoms with Crippen LogP contribution in [-0.2, 0) is 13.1 Å². The minimum Gasteiger partial charge on any atom is -0.329 e. The normalized spacial score (nSPS) is 17.7. The number of nitrogens with zero attached hydrogens (tertiary/aromatic N) is 5. The summed E-state index contributed by atoms with van der Waals surface area (Å²) in [6.07, 6.45) is 5.57. The number of carbonyl (C=O) groups is 1. The fourth-order valence-electron chi connectivity index (χ4n) is 2.71. The molecule has 108 valence electrons. The fraction of sp³-hybridized carbons (Fsp3) is 0.429. The van der Waals surface area contributed by atoms with Gasteiger partial charge in [-0.3, -0.25) is 9.78 Å². The van der Waals surface area contributed by atoms with Gasteiger partial charge in [0, 0.05) is 23.1 Å². The van der Waals surface area contributed by atoms with Crippen LogP contribution in [0.3, 0.4) is 0 Å². The molecule has 0 radical (unpaired) electrons. The number of pyridine rings is 1. The van der Waals surface area contributed by atoms with Gasteiger partial charge in [0.15, 0.2) is 0 Å². The van der Waals surface area contributed by atoms with Crippen LogP contribution in [0.4, 0.5) is 0 Å². The third-order valence-electron chi connectivity index (χ3n) is 3.98. The molecule has 2 aromatic rings. The van der Waals surface area contributed by atoms with Gasteiger partial charge < -0.3 is 4.90 Å². The zero-order valence-corrected chi connectivity index (χ0v) is 13.0. The monoisotopic (exact) mass is 347 g/mol. The van der Waals surface area contributed by atoms with Crippen molar-refractivity contribution >= 4 is 21.8 Å². The Morgan fingerprint density at radius 2 is 2.14 bits per heavy atom. The summed E-state index contributed by atoms with van der Waals surface area (Å²) in [5.41, 5.74) is 1.66. The molecular weight excluding hydrogens is 334 g/mol. The Bertz CT molecular complexity index is 709. The van der Waals surface area contributed by atoms with E-state index < -0.39 is 0 Å². The second kappa shape index (κ2) is 4.91. The van der Waals surface area contributed by atoms with Crippen LogP contribution in [-0.4, -0.2) is 37.1 Å². The molecule has 1 aliphatic heterocycles. The highest BCUT2D eigenvalue weighted by atomic mass is 79.9. The van der Waals surface area contributed by atoms with Crippen molar-refractivity contribution in [1.82, 2.24) is 24.6 Å². The highest BCUT2D eigenvalue weighted by molar-refractivity contribution is 9.10. The van der Waals surface area contributed by atoms with Gasteiger partial charge in [0.2, 0.25) is 0 Å². The number of hydrogen-bond acceptors (Lipinski definition) is 4. The minimum atomic E-state index is 0.0416. The number of halogens is 1. The molecule has 1 fully saturated rings. The molecule has 21 heavy (non-hydrogen) atoms. The number of amides is 1. The molecule has 4 rings (SSSR count). The molecule has 1 saturated carbocycles. The van der Waals surface area contributed by atoms with Crippen molar-refractivity contribution in [3.05, 3.63) is 40.1 Å². The van der Waals surface area contributed by atoms with Gasteiger partial charge in [-0.05, 0) is 34.8 Å². The van der Waals surface area contributed by atoms with Gasteiger partial charge in [-0.15, -0.1) is 0 Å².